The smallest absolute Gasteiger partial charge is 0.264 e. The Labute approximate surface area is 244 Å². The largest absolute Gasteiger partial charge is 0.352 e. The molecule has 7 nitrogen and oxygen atoms in total. The number of nitrogens with one attached hydrogen (secondary N) is 1. The lowest BCUT2D eigenvalue weighted by Gasteiger charge is -2.34. The van der Waals surface area contributed by atoms with Crippen molar-refractivity contribution in [3.8, 4) is 0 Å². The highest BCUT2D eigenvalue weighted by Crippen LogP contribution is 2.28. The first-order valence-corrected chi connectivity index (χ1v) is 15.8. The van der Waals surface area contributed by atoms with Gasteiger partial charge in [0, 0.05) is 12.6 Å². The number of sulfonamides is 1. The Morgan fingerprint density at radius 1 is 0.878 bits per heavy atom. The summed E-state index contributed by atoms with van der Waals surface area (Å²) in [6.45, 7) is 7.35. The van der Waals surface area contributed by atoms with Gasteiger partial charge in [0.05, 0.1) is 10.6 Å². The van der Waals surface area contributed by atoms with Gasteiger partial charge in [0.25, 0.3) is 10.0 Å². The third-order valence-electron chi connectivity index (χ3n) is 7.96. The van der Waals surface area contributed by atoms with Gasteiger partial charge in [-0.05, 0) is 74.9 Å². The molecule has 3 aromatic carbocycles. The summed E-state index contributed by atoms with van der Waals surface area (Å²) in [6.07, 6.45) is 4.44. The van der Waals surface area contributed by atoms with Crippen molar-refractivity contribution in [3.05, 3.63) is 95.1 Å². The molecule has 0 aliphatic heterocycles. The van der Waals surface area contributed by atoms with Crippen LogP contribution in [0.3, 0.4) is 0 Å². The maximum atomic E-state index is 14.3. The molecular weight excluding hydrogens is 534 g/mol. The molecule has 0 bridgehead atoms. The molecule has 1 aliphatic rings. The van der Waals surface area contributed by atoms with Crippen LogP contribution in [-0.2, 0) is 26.2 Å². The first-order valence-electron chi connectivity index (χ1n) is 14.4. The molecule has 1 fully saturated rings. The van der Waals surface area contributed by atoms with E-state index in [9.17, 15) is 18.0 Å². The van der Waals surface area contributed by atoms with Gasteiger partial charge in [-0.25, -0.2) is 8.42 Å². The van der Waals surface area contributed by atoms with Crippen molar-refractivity contribution in [1.82, 2.24) is 10.2 Å². The number of hydrogen-bond donors (Lipinski definition) is 1. The molecule has 2 amide bonds. The zero-order valence-corrected chi connectivity index (χ0v) is 25.3. The SMILES string of the molecule is CC[C@@H](C(=O)NC1CCCC1)N(Cc1ccccc1C)C(=O)CN(c1ccccc1C)S(=O)(=O)c1ccc(C)cc1. The average Bonchev–Trinajstić information content (AvgIpc) is 3.46. The second-order valence-electron chi connectivity index (χ2n) is 11.0. The Morgan fingerprint density at radius 3 is 2.10 bits per heavy atom. The Bertz CT molecular complexity index is 1460. The topological polar surface area (TPSA) is 86.8 Å². The fourth-order valence-electron chi connectivity index (χ4n) is 5.45. The van der Waals surface area contributed by atoms with Gasteiger partial charge in [0.15, 0.2) is 0 Å². The molecule has 1 saturated carbocycles. The van der Waals surface area contributed by atoms with Crippen molar-refractivity contribution in [2.75, 3.05) is 10.8 Å². The minimum Gasteiger partial charge on any atom is -0.352 e. The first-order chi connectivity index (χ1) is 19.6. The van der Waals surface area contributed by atoms with Crippen LogP contribution in [0.5, 0.6) is 0 Å². The third kappa shape index (κ3) is 7.17. The zero-order chi connectivity index (χ0) is 29.6. The Balaban J connectivity index is 1.73. The molecule has 1 aliphatic carbocycles. The van der Waals surface area contributed by atoms with E-state index in [0.717, 1.165) is 47.9 Å². The van der Waals surface area contributed by atoms with Crippen molar-refractivity contribution >= 4 is 27.5 Å². The Hall–Kier alpha value is -3.65. The number of benzene rings is 3. The number of para-hydroxylation sites is 1. The summed E-state index contributed by atoms with van der Waals surface area (Å²) in [4.78, 5) is 29.5. The number of carbonyl (C=O) groups excluding carboxylic acids is 2. The summed E-state index contributed by atoms with van der Waals surface area (Å²) in [7, 11) is -4.09. The number of amides is 2. The predicted molar refractivity (Wildman–Crippen MR) is 163 cm³/mol. The van der Waals surface area contributed by atoms with E-state index in [1.54, 1.807) is 41.3 Å². The van der Waals surface area contributed by atoms with Gasteiger partial charge < -0.3 is 10.2 Å². The number of nitrogens with zero attached hydrogens (tertiary/aromatic N) is 2. The van der Waals surface area contributed by atoms with Gasteiger partial charge in [0.2, 0.25) is 11.8 Å². The van der Waals surface area contributed by atoms with Crippen LogP contribution in [0.25, 0.3) is 0 Å². The number of aryl methyl sites for hydroxylation is 3. The minimum atomic E-state index is -4.09. The van der Waals surface area contributed by atoms with Gasteiger partial charge >= 0.3 is 0 Å². The first kappa shape index (κ1) is 30.3. The molecule has 0 radical (unpaired) electrons. The molecule has 3 aromatic rings. The van der Waals surface area contributed by atoms with Crippen LogP contribution in [0.1, 0.15) is 61.3 Å². The summed E-state index contributed by atoms with van der Waals surface area (Å²) in [5, 5.41) is 3.16. The minimum absolute atomic E-state index is 0.107. The molecule has 1 atom stereocenters. The van der Waals surface area contributed by atoms with E-state index in [2.05, 4.69) is 5.32 Å². The van der Waals surface area contributed by atoms with Crippen molar-refractivity contribution in [3.63, 3.8) is 0 Å². The van der Waals surface area contributed by atoms with Crippen LogP contribution >= 0.6 is 0 Å². The Kier molecular flexibility index (Phi) is 9.86. The van der Waals surface area contributed by atoms with E-state index in [1.165, 1.54) is 4.31 Å². The van der Waals surface area contributed by atoms with Crippen molar-refractivity contribution in [2.24, 2.45) is 0 Å². The van der Waals surface area contributed by atoms with E-state index in [4.69, 9.17) is 0 Å². The highest BCUT2D eigenvalue weighted by molar-refractivity contribution is 7.92. The Morgan fingerprint density at radius 2 is 1.49 bits per heavy atom. The van der Waals surface area contributed by atoms with Crippen molar-refractivity contribution < 1.29 is 18.0 Å². The van der Waals surface area contributed by atoms with Crippen LogP contribution in [-0.4, -0.2) is 43.8 Å². The molecule has 1 N–H and O–H groups in total. The summed E-state index contributed by atoms with van der Waals surface area (Å²) in [6, 6.07) is 20.9. The van der Waals surface area contributed by atoms with Gasteiger partial charge in [-0.1, -0.05) is 79.9 Å². The fraction of sp³-hybridized carbons (Fsp3) is 0.394. The second kappa shape index (κ2) is 13.3. The quantitative estimate of drug-likeness (QED) is 0.319. The lowest BCUT2D eigenvalue weighted by molar-refractivity contribution is -0.140. The maximum Gasteiger partial charge on any atom is 0.264 e. The molecule has 0 unspecified atom stereocenters. The van der Waals surface area contributed by atoms with Crippen LogP contribution in [0.15, 0.2) is 77.7 Å². The predicted octanol–water partition coefficient (Wildman–Crippen LogP) is 5.67. The third-order valence-corrected chi connectivity index (χ3v) is 9.74. The van der Waals surface area contributed by atoms with Gasteiger partial charge in [-0.2, -0.15) is 0 Å². The van der Waals surface area contributed by atoms with Gasteiger partial charge in [-0.15, -0.1) is 0 Å². The van der Waals surface area contributed by atoms with Crippen molar-refractivity contribution in [1.29, 1.82) is 0 Å². The van der Waals surface area contributed by atoms with Gasteiger partial charge in [0.1, 0.15) is 12.6 Å². The van der Waals surface area contributed by atoms with Crippen molar-refractivity contribution in [2.45, 2.75) is 83.3 Å². The second-order valence-corrected chi connectivity index (χ2v) is 12.8. The summed E-state index contributed by atoms with van der Waals surface area (Å²) in [5.74, 6) is -0.620. The maximum absolute atomic E-state index is 14.3. The average molecular weight is 576 g/mol. The number of anilines is 1. The molecule has 4 rings (SSSR count). The number of rotatable bonds is 11. The van der Waals surface area contributed by atoms with Crippen LogP contribution in [0, 0.1) is 20.8 Å². The zero-order valence-electron chi connectivity index (χ0n) is 24.5. The summed E-state index contributed by atoms with van der Waals surface area (Å²) < 4.78 is 29.3. The lowest BCUT2D eigenvalue weighted by atomic mass is 10.1. The molecule has 41 heavy (non-hydrogen) atoms. The van der Waals surface area contributed by atoms with Gasteiger partial charge in [-0.3, -0.25) is 13.9 Å². The number of hydrogen-bond acceptors (Lipinski definition) is 4. The molecule has 0 spiro atoms. The van der Waals surface area contributed by atoms with Crippen LogP contribution in [0.4, 0.5) is 5.69 Å². The monoisotopic (exact) mass is 575 g/mol. The van der Waals surface area contributed by atoms with Crippen LogP contribution < -0.4 is 9.62 Å². The fourth-order valence-corrected chi connectivity index (χ4v) is 6.93. The van der Waals surface area contributed by atoms with E-state index in [-0.39, 0.29) is 23.4 Å². The molecular formula is C33H41N3O4S. The normalized spacial score (nSPS) is 14.4. The van der Waals surface area contributed by atoms with E-state index >= 15 is 0 Å². The molecule has 0 heterocycles. The highest BCUT2D eigenvalue weighted by Gasteiger charge is 2.35. The highest BCUT2D eigenvalue weighted by atomic mass is 32.2. The lowest BCUT2D eigenvalue weighted by Crippen LogP contribution is -2.53. The van der Waals surface area contributed by atoms with E-state index in [0.29, 0.717) is 12.1 Å². The molecule has 218 valence electrons. The van der Waals surface area contributed by atoms with E-state index in [1.807, 2.05) is 64.1 Å². The summed E-state index contributed by atoms with van der Waals surface area (Å²) >= 11 is 0. The molecule has 0 aromatic heterocycles. The number of carbonyl (C=O) groups is 2. The standard InChI is InChI=1S/C33H41N3O4S/c1-5-30(33(38)34-28-15-9-10-16-28)35(22-27-14-8-6-12-25(27)3)32(37)23-36(31-17-11-7-13-26(31)4)41(39,40)29-20-18-24(2)19-21-29/h6-8,11-14,17-21,28,30H,5,9-10,15-16,22-23H2,1-4H3,(H,34,38)/t30-/m0/s1. The summed E-state index contributed by atoms with van der Waals surface area (Å²) in [5.41, 5.74) is 4.01. The van der Waals surface area contributed by atoms with E-state index < -0.39 is 28.5 Å². The molecule has 0 saturated heterocycles. The molecule has 8 heteroatoms. The van der Waals surface area contributed by atoms with Crippen LogP contribution in [0.2, 0.25) is 0 Å².